The van der Waals surface area contributed by atoms with Gasteiger partial charge in [0.2, 0.25) is 5.89 Å². The van der Waals surface area contributed by atoms with Gasteiger partial charge in [-0.1, -0.05) is 31.3 Å². The van der Waals surface area contributed by atoms with Crippen molar-refractivity contribution in [2.75, 3.05) is 24.6 Å². The maximum atomic E-state index is 9.26. The summed E-state index contributed by atoms with van der Waals surface area (Å²) in [5.74, 6) is 0.618. The highest BCUT2D eigenvalue weighted by Crippen LogP contribution is 2.26. The molecule has 1 aliphatic rings. The van der Waals surface area contributed by atoms with Crippen molar-refractivity contribution in [3.8, 4) is 0 Å². The summed E-state index contributed by atoms with van der Waals surface area (Å²) in [5, 5.41) is 20.7. The second kappa shape index (κ2) is 8.21. The highest BCUT2D eigenvalue weighted by Gasteiger charge is 2.24. The summed E-state index contributed by atoms with van der Waals surface area (Å²) in [6, 6.07) is 0.979. The Balaban J connectivity index is 1.97. The normalized spacial score (nSPS) is 16.5. The summed E-state index contributed by atoms with van der Waals surface area (Å²) in [4.78, 5) is 2.08. The summed E-state index contributed by atoms with van der Waals surface area (Å²) in [5.41, 5.74) is 0. The summed E-state index contributed by atoms with van der Waals surface area (Å²) in [6.45, 7) is 4.36. The van der Waals surface area contributed by atoms with Crippen LogP contribution in [-0.2, 0) is 6.54 Å². The molecule has 6 nitrogen and oxygen atoms in total. The van der Waals surface area contributed by atoms with E-state index < -0.39 is 0 Å². The van der Waals surface area contributed by atoms with Crippen LogP contribution in [0.4, 0.5) is 6.01 Å². The van der Waals surface area contributed by atoms with E-state index in [1.807, 2.05) is 0 Å². The molecule has 114 valence electrons. The largest absolute Gasteiger partial charge is 0.407 e. The lowest BCUT2D eigenvalue weighted by atomic mass is 9.94. The van der Waals surface area contributed by atoms with E-state index in [1.54, 1.807) is 0 Å². The summed E-state index contributed by atoms with van der Waals surface area (Å²) >= 11 is 0. The van der Waals surface area contributed by atoms with Crippen LogP contribution in [0.5, 0.6) is 0 Å². The molecule has 0 bridgehead atoms. The minimum atomic E-state index is 0.113. The molecule has 1 fully saturated rings. The SMILES string of the molecule is CCCNCc1nnc(N(CCO)C2CCCCC2)o1. The summed E-state index contributed by atoms with van der Waals surface area (Å²) in [7, 11) is 0. The molecular weight excluding hydrogens is 256 g/mol. The lowest BCUT2D eigenvalue weighted by Crippen LogP contribution is -2.39. The molecule has 2 rings (SSSR count). The lowest BCUT2D eigenvalue weighted by molar-refractivity contribution is 0.283. The number of aliphatic hydroxyl groups excluding tert-OH is 1. The molecule has 2 N–H and O–H groups in total. The molecule has 0 atom stereocenters. The first kappa shape index (κ1) is 15.3. The number of aliphatic hydroxyl groups is 1. The first-order valence-electron chi connectivity index (χ1n) is 7.75. The highest BCUT2D eigenvalue weighted by atomic mass is 16.4. The van der Waals surface area contributed by atoms with Gasteiger partial charge in [-0.15, -0.1) is 5.10 Å². The monoisotopic (exact) mass is 282 g/mol. The Labute approximate surface area is 120 Å². The second-order valence-corrected chi connectivity index (χ2v) is 5.36. The Morgan fingerprint density at radius 3 is 2.80 bits per heavy atom. The Bertz CT molecular complexity index is 377. The third kappa shape index (κ3) is 4.18. The zero-order valence-corrected chi connectivity index (χ0v) is 12.3. The highest BCUT2D eigenvalue weighted by molar-refractivity contribution is 5.26. The van der Waals surface area contributed by atoms with Crippen molar-refractivity contribution in [3.05, 3.63) is 5.89 Å². The van der Waals surface area contributed by atoms with Gasteiger partial charge in [-0.3, -0.25) is 0 Å². The number of nitrogens with zero attached hydrogens (tertiary/aromatic N) is 3. The van der Waals surface area contributed by atoms with Gasteiger partial charge in [0, 0.05) is 12.6 Å². The minimum Gasteiger partial charge on any atom is -0.407 e. The lowest BCUT2D eigenvalue weighted by Gasteiger charge is -2.32. The average molecular weight is 282 g/mol. The van der Waals surface area contributed by atoms with Crippen LogP contribution in [0.3, 0.4) is 0 Å². The predicted molar refractivity (Wildman–Crippen MR) is 77.6 cm³/mol. The fourth-order valence-electron chi connectivity index (χ4n) is 2.74. The van der Waals surface area contributed by atoms with Gasteiger partial charge in [0.05, 0.1) is 13.2 Å². The fraction of sp³-hybridized carbons (Fsp3) is 0.857. The average Bonchev–Trinajstić information content (AvgIpc) is 2.94. The van der Waals surface area contributed by atoms with Crippen LogP contribution in [0.25, 0.3) is 0 Å². The number of rotatable bonds is 8. The van der Waals surface area contributed by atoms with E-state index in [2.05, 4.69) is 27.3 Å². The van der Waals surface area contributed by atoms with Gasteiger partial charge >= 0.3 is 6.01 Å². The van der Waals surface area contributed by atoms with Gasteiger partial charge in [0.1, 0.15) is 0 Å². The Hall–Kier alpha value is -1.14. The van der Waals surface area contributed by atoms with Crippen molar-refractivity contribution in [1.29, 1.82) is 0 Å². The molecule has 0 amide bonds. The first-order valence-corrected chi connectivity index (χ1v) is 7.75. The number of hydrogen-bond donors (Lipinski definition) is 2. The Morgan fingerprint density at radius 1 is 1.30 bits per heavy atom. The van der Waals surface area contributed by atoms with Gasteiger partial charge < -0.3 is 19.7 Å². The van der Waals surface area contributed by atoms with Crippen molar-refractivity contribution >= 4 is 6.01 Å². The summed E-state index contributed by atoms with van der Waals surface area (Å²) < 4.78 is 5.73. The first-order chi connectivity index (χ1) is 9.85. The van der Waals surface area contributed by atoms with Crippen LogP contribution in [0, 0.1) is 0 Å². The van der Waals surface area contributed by atoms with Crippen LogP contribution in [0.15, 0.2) is 4.42 Å². The number of aromatic nitrogens is 2. The quantitative estimate of drug-likeness (QED) is 0.707. The van der Waals surface area contributed by atoms with Crippen LogP contribution in [-0.4, -0.2) is 41.0 Å². The number of hydrogen-bond acceptors (Lipinski definition) is 6. The molecule has 0 unspecified atom stereocenters. The molecule has 1 aromatic rings. The second-order valence-electron chi connectivity index (χ2n) is 5.36. The molecule has 0 aliphatic heterocycles. The van der Waals surface area contributed by atoms with E-state index in [9.17, 15) is 5.11 Å². The Kier molecular flexibility index (Phi) is 6.26. The van der Waals surface area contributed by atoms with E-state index in [4.69, 9.17) is 4.42 Å². The number of anilines is 1. The summed E-state index contributed by atoms with van der Waals surface area (Å²) in [6.07, 6.45) is 7.16. The molecule has 20 heavy (non-hydrogen) atoms. The van der Waals surface area contributed by atoms with Gasteiger partial charge in [-0.25, -0.2) is 0 Å². The standard InChI is InChI=1S/C14H26N4O2/c1-2-8-15-11-13-16-17-14(20-13)18(9-10-19)12-6-4-3-5-7-12/h12,15,19H,2-11H2,1H3. The van der Waals surface area contributed by atoms with Crippen LogP contribution in [0.2, 0.25) is 0 Å². The molecule has 1 saturated carbocycles. The zero-order chi connectivity index (χ0) is 14.2. The molecule has 1 aromatic heterocycles. The minimum absolute atomic E-state index is 0.113. The van der Waals surface area contributed by atoms with Crippen molar-refractivity contribution in [3.63, 3.8) is 0 Å². The number of nitrogens with one attached hydrogen (secondary N) is 1. The third-order valence-corrected chi connectivity index (χ3v) is 3.76. The molecular formula is C14H26N4O2. The van der Waals surface area contributed by atoms with Crippen LogP contribution < -0.4 is 10.2 Å². The third-order valence-electron chi connectivity index (χ3n) is 3.76. The molecule has 1 heterocycles. The van der Waals surface area contributed by atoms with E-state index in [1.165, 1.54) is 19.3 Å². The van der Waals surface area contributed by atoms with E-state index in [0.717, 1.165) is 25.8 Å². The van der Waals surface area contributed by atoms with Gasteiger partial charge in [-0.05, 0) is 25.8 Å². The Morgan fingerprint density at radius 2 is 2.10 bits per heavy atom. The molecule has 0 saturated heterocycles. The van der Waals surface area contributed by atoms with Crippen molar-refractivity contribution in [2.45, 2.75) is 58.0 Å². The molecule has 1 aliphatic carbocycles. The topological polar surface area (TPSA) is 74.4 Å². The molecule has 0 aromatic carbocycles. The predicted octanol–water partition coefficient (Wildman–Crippen LogP) is 1.70. The van der Waals surface area contributed by atoms with Crippen LogP contribution >= 0.6 is 0 Å². The van der Waals surface area contributed by atoms with E-state index in [-0.39, 0.29) is 6.61 Å². The fourth-order valence-corrected chi connectivity index (χ4v) is 2.74. The zero-order valence-electron chi connectivity index (χ0n) is 12.3. The maximum Gasteiger partial charge on any atom is 0.318 e. The van der Waals surface area contributed by atoms with Crippen molar-refractivity contribution in [2.24, 2.45) is 0 Å². The van der Waals surface area contributed by atoms with E-state index >= 15 is 0 Å². The molecule has 0 radical (unpaired) electrons. The maximum absolute atomic E-state index is 9.26. The molecule has 6 heteroatoms. The van der Waals surface area contributed by atoms with Crippen molar-refractivity contribution < 1.29 is 9.52 Å². The molecule has 0 spiro atoms. The van der Waals surface area contributed by atoms with Gasteiger partial charge in [0.15, 0.2) is 0 Å². The van der Waals surface area contributed by atoms with Crippen LogP contribution in [0.1, 0.15) is 51.3 Å². The van der Waals surface area contributed by atoms with Gasteiger partial charge in [-0.2, -0.15) is 0 Å². The van der Waals surface area contributed by atoms with Crippen molar-refractivity contribution in [1.82, 2.24) is 15.5 Å². The van der Waals surface area contributed by atoms with E-state index in [0.29, 0.717) is 31.0 Å². The van der Waals surface area contributed by atoms with Gasteiger partial charge in [0.25, 0.3) is 0 Å². The smallest absolute Gasteiger partial charge is 0.318 e.